The third-order valence-corrected chi connectivity index (χ3v) is 4.39. The molecule has 0 bridgehead atoms. The van der Waals surface area contributed by atoms with Crippen LogP contribution in [0.15, 0.2) is 11.6 Å². The van der Waals surface area contributed by atoms with E-state index in [4.69, 9.17) is 4.74 Å². The maximum Gasteiger partial charge on any atom is 0.333 e. The fourth-order valence-corrected chi connectivity index (χ4v) is 3.12. The minimum absolute atomic E-state index is 0.237. The normalized spacial score (nSPS) is 21.0. The second-order valence-corrected chi connectivity index (χ2v) is 5.39. The van der Waals surface area contributed by atoms with Crippen LogP contribution in [0.3, 0.4) is 0 Å². The molecule has 1 unspecified atom stereocenters. The summed E-state index contributed by atoms with van der Waals surface area (Å²) < 4.78 is 5.00. The molecule has 1 aromatic rings. The SMILES string of the molecule is COC(=O)C(C)(c1nccs1)N1CCCNCC1. The van der Waals surface area contributed by atoms with Gasteiger partial charge in [0.1, 0.15) is 5.01 Å². The smallest absolute Gasteiger partial charge is 0.333 e. The van der Waals surface area contributed by atoms with E-state index < -0.39 is 5.54 Å². The lowest BCUT2D eigenvalue weighted by atomic mass is 10.0. The molecule has 2 rings (SSSR count). The Morgan fingerprint density at radius 3 is 3.06 bits per heavy atom. The second-order valence-electron chi connectivity index (χ2n) is 4.49. The number of hydrogen-bond acceptors (Lipinski definition) is 6. The zero-order chi connectivity index (χ0) is 13.0. The van der Waals surface area contributed by atoms with E-state index in [1.807, 2.05) is 12.3 Å². The molecular weight excluding hydrogens is 250 g/mol. The van der Waals surface area contributed by atoms with Gasteiger partial charge in [-0.2, -0.15) is 0 Å². The maximum atomic E-state index is 12.2. The van der Waals surface area contributed by atoms with E-state index in [1.54, 1.807) is 6.20 Å². The van der Waals surface area contributed by atoms with Crippen molar-refractivity contribution >= 4 is 17.3 Å². The zero-order valence-corrected chi connectivity index (χ0v) is 11.6. The number of methoxy groups -OCH3 is 1. The summed E-state index contributed by atoms with van der Waals surface area (Å²) in [4.78, 5) is 18.7. The number of nitrogens with one attached hydrogen (secondary N) is 1. The Balaban J connectivity index is 2.32. The number of esters is 1. The van der Waals surface area contributed by atoms with Gasteiger partial charge < -0.3 is 10.1 Å². The van der Waals surface area contributed by atoms with E-state index in [9.17, 15) is 4.79 Å². The van der Waals surface area contributed by atoms with Crippen LogP contribution in [0.2, 0.25) is 0 Å². The van der Waals surface area contributed by atoms with Gasteiger partial charge in [-0.05, 0) is 19.9 Å². The summed E-state index contributed by atoms with van der Waals surface area (Å²) in [7, 11) is 1.43. The number of carbonyl (C=O) groups is 1. The number of nitrogens with zero attached hydrogens (tertiary/aromatic N) is 2. The first kappa shape index (κ1) is 13.5. The van der Waals surface area contributed by atoms with Gasteiger partial charge in [-0.25, -0.2) is 9.78 Å². The largest absolute Gasteiger partial charge is 0.467 e. The summed E-state index contributed by atoms with van der Waals surface area (Å²) >= 11 is 1.50. The molecule has 0 aromatic carbocycles. The van der Waals surface area contributed by atoms with E-state index in [2.05, 4.69) is 15.2 Å². The van der Waals surface area contributed by atoms with Gasteiger partial charge in [0.2, 0.25) is 0 Å². The predicted molar refractivity (Wildman–Crippen MR) is 70.5 cm³/mol. The quantitative estimate of drug-likeness (QED) is 0.824. The number of rotatable bonds is 3. The predicted octanol–water partition coefficient (Wildman–Crippen LogP) is 0.827. The van der Waals surface area contributed by atoms with Crippen LogP contribution in [0.5, 0.6) is 0 Å². The molecule has 0 spiro atoms. The summed E-state index contributed by atoms with van der Waals surface area (Å²) in [6.07, 6.45) is 2.76. The molecule has 1 aliphatic rings. The molecule has 1 saturated heterocycles. The number of aromatic nitrogens is 1. The molecular formula is C12H19N3O2S. The highest BCUT2D eigenvalue weighted by Crippen LogP contribution is 2.31. The Bertz CT molecular complexity index is 388. The van der Waals surface area contributed by atoms with Crippen LogP contribution in [0.4, 0.5) is 0 Å². The average molecular weight is 269 g/mol. The lowest BCUT2D eigenvalue weighted by molar-refractivity contribution is -0.155. The minimum Gasteiger partial charge on any atom is -0.467 e. The van der Waals surface area contributed by atoms with Crippen LogP contribution < -0.4 is 5.32 Å². The topological polar surface area (TPSA) is 54.5 Å². The zero-order valence-electron chi connectivity index (χ0n) is 10.8. The Morgan fingerprint density at radius 1 is 1.56 bits per heavy atom. The molecule has 0 amide bonds. The van der Waals surface area contributed by atoms with Crippen LogP contribution in [0.25, 0.3) is 0 Å². The van der Waals surface area contributed by atoms with Crippen molar-refractivity contribution in [3.63, 3.8) is 0 Å². The molecule has 2 heterocycles. The summed E-state index contributed by atoms with van der Waals surface area (Å²) in [6.45, 7) is 5.48. The first-order valence-corrected chi connectivity index (χ1v) is 7.01. The molecule has 0 saturated carbocycles. The van der Waals surface area contributed by atoms with E-state index >= 15 is 0 Å². The van der Waals surface area contributed by atoms with Crippen LogP contribution in [-0.2, 0) is 15.1 Å². The summed E-state index contributed by atoms with van der Waals surface area (Å²) in [5, 5.41) is 6.04. The highest BCUT2D eigenvalue weighted by Gasteiger charge is 2.44. The molecule has 5 nitrogen and oxygen atoms in total. The summed E-state index contributed by atoms with van der Waals surface area (Å²) in [6, 6.07) is 0. The molecule has 1 fully saturated rings. The third kappa shape index (κ3) is 2.41. The maximum absolute atomic E-state index is 12.2. The molecule has 0 radical (unpaired) electrons. The Labute approximate surface area is 111 Å². The number of thiazole rings is 1. The van der Waals surface area contributed by atoms with E-state index in [0.717, 1.165) is 37.6 Å². The van der Waals surface area contributed by atoms with Crippen LogP contribution in [-0.4, -0.2) is 49.1 Å². The average Bonchev–Trinajstić information content (AvgIpc) is 2.79. The van der Waals surface area contributed by atoms with Gasteiger partial charge in [0.25, 0.3) is 0 Å². The highest BCUT2D eigenvalue weighted by molar-refractivity contribution is 7.09. The molecule has 1 atom stereocenters. The Kier molecular flexibility index (Phi) is 4.31. The van der Waals surface area contributed by atoms with Gasteiger partial charge in [0, 0.05) is 31.2 Å². The van der Waals surface area contributed by atoms with E-state index in [0.29, 0.717) is 0 Å². The number of carbonyl (C=O) groups excluding carboxylic acids is 1. The molecule has 18 heavy (non-hydrogen) atoms. The van der Waals surface area contributed by atoms with Crippen molar-refractivity contribution in [2.75, 3.05) is 33.3 Å². The minimum atomic E-state index is -0.769. The van der Waals surface area contributed by atoms with E-state index in [-0.39, 0.29) is 5.97 Å². The number of ether oxygens (including phenoxy) is 1. The number of hydrogen-bond donors (Lipinski definition) is 1. The van der Waals surface area contributed by atoms with Crippen molar-refractivity contribution in [2.24, 2.45) is 0 Å². The molecule has 0 aliphatic carbocycles. The standard InChI is InChI=1S/C12H19N3O2S/c1-12(11(16)17-2,10-14-6-9-18-10)15-7-3-4-13-5-8-15/h6,9,13H,3-5,7-8H2,1-2H3. The molecule has 6 heteroatoms. The molecule has 1 aromatic heterocycles. The van der Waals surface area contributed by atoms with Crippen molar-refractivity contribution in [3.8, 4) is 0 Å². The third-order valence-electron chi connectivity index (χ3n) is 3.40. The lowest BCUT2D eigenvalue weighted by Gasteiger charge is -2.36. The fraction of sp³-hybridized carbons (Fsp3) is 0.667. The lowest BCUT2D eigenvalue weighted by Crippen LogP contribution is -2.51. The summed E-state index contributed by atoms with van der Waals surface area (Å²) in [5.74, 6) is -0.237. The van der Waals surface area contributed by atoms with Gasteiger partial charge in [0.05, 0.1) is 7.11 Å². The first-order chi connectivity index (χ1) is 8.69. The van der Waals surface area contributed by atoms with Gasteiger partial charge in [0.15, 0.2) is 5.54 Å². The Morgan fingerprint density at radius 2 is 2.39 bits per heavy atom. The first-order valence-electron chi connectivity index (χ1n) is 6.13. The van der Waals surface area contributed by atoms with Crippen molar-refractivity contribution in [2.45, 2.75) is 18.9 Å². The van der Waals surface area contributed by atoms with Crippen molar-refractivity contribution in [1.82, 2.24) is 15.2 Å². The van der Waals surface area contributed by atoms with Gasteiger partial charge in [-0.15, -0.1) is 11.3 Å². The van der Waals surface area contributed by atoms with Crippen molar-refractivity contribution in [3.05, 3.63) is 16.6 Å². The monoisotopic (exact) mass is 269 g/mol. The Hall–Kier alpha value is -0.980. The molecule has 1 N–H and O–H groups in total. The highest BCUT2D eigenvalue weighted by atomic mass is 32.1. The molecule has 100 valence electrons. The van der Waals surface area contributed by atoms with Crippen molar-refractivity contribution in [1.29, 1.82) is 0 Å². The molecule has 1 aliphatic heterocycles. The fourth-order valence-electron chi connectivity index (χ4n) is 2.31. The van der Waals surface area contributed by atoms with Gasteiger partial charge >= 0.3 is 5.97 Å². The summed E-state index contributed by atoms with van der Waals surface area (Å²) in [5.41, 5.74) is -0.769. The second kappa shape index (κ2) is 5.77. The van der Waals surface area contributed by atoms with Crippen molar-refractivity contribution < 1.29 is 9.53 Å². The van der Waals surface area contributed by atoms with Gasteiger partial charge in [-0.1, -0.05) is 0 Å². The van der Waals surface area contributed by atoms with Crippen LogP contribution >= 0.6 is 11.3 Å². The van der Waals surface area contributed by atoms with Crippen LogP contribution in [0, 0.1) is 0 Å². The van der Waals surface area contributed by atoms with Crippen LogP contribution in [0.1, 0.15) is 18.4 Å². The van der Waals surface area contributed by atoms with E-state index in [1.165, 1.54) is 18.4 Å². The van der Waals surface area contributed by atoms with Gasteiger partial charge in [-0.3, -0.25) is 4.90 Å².